The summed E-state index contributed by atoms with van der Waals surface area (Å²) < 4.78 is 45.7. The molecular formula is C16H18FNO3S. The summed E-state index contributed by atoms with van der Waals surface area (Å²) in [6.45, 7) is 2.26. The van der Waals surface area contributed by atoms with Gasteiger partial charge >= 0.3 is 0 Å². The van der Waals surface area contributed by atoms with Gasteiger partial charge in [-0.25, -0.2) is 12.8 Å². The van der Waals surface area contributed by atoms with E-state index in [0.29, 0.717) is 23.6 Å². The second-order valence-electron chi connectivity index (χ2n) is 4.69. The van der Waals surface area contributed by atoms with Gasteiger partial charge < -0.3 is 4.74 Å². The van der Waals surface area contributed by atoms with Crippen LogP contribution < -0.4 is 9.46 Å². The largest absolute Gasteiger partial charge is 0.492 e. The number of rotatable bonds is 7. The summed E-state index contributed by atoms with van der Waals surface area (Å²) in [6, 6.07) is 13.0. The number of benzene rings is 2. The lowest BCUT2D eigenvalue weighted by molar-refractivity contribution is 0.342. The van der Waals surface area contributed by atoms with Crippen molar-refractivity contribution in [3.63, 3.8) is 0 Å². The van der Waals surface area contributed by atoms with E-state index in [1.54, 1.807) is 42.5 Å². The minimum atomic E-state index is -3.59. The highest BCUT2D eigenvalue weighted by Gasteiger charge is 2.14. The number of aryl methyl sites for hydroxylation is 1. The third kappa shape index (κ3) is 4.46. The molecule has 0 bridgehead atoms. The predicted molar refractivity (Wildman–Crippen MR) is 85.1 cm³/mol. The fraction of sp³-hybridized carbons (Fsp3) is 0.250. The molecule has 0 radical (unpaired) electrons. The first-order valence-electron chi connectivity index (χ1n) is 6.97. The molecule has 0 unspecified atom stereocenters. The zero-order chi connectivity index (χ0) is 16.0. The van der Waals surface area contributed by atoms with Gasteiger partial charge in [-0.3, -0.25) is 4.72 Å². The molecule has 118 valence electrons. The standard InChI is InChI=1S/C16H18FNO3S/c1-2-21-16-10-6-5-9-15(16)18-22(19,20)12-11-13-7-3-4-8-14(13)17/h3-10,18H,2,11-12H2,1H3. The maximum absolute atomic E-state index is 13.5. The van der Waals surface area contributed by atoms with Crippen molar-refractivity contribution >= 4 is 15.7 Å². The van der Waals surface area contributed by atoms with Crippen molar-refractivity contribution in [3.05, 3.63) is 59.9 Å². The molecule has 0 aliphatic heterocycles. The fourth-order valence-electron chi connectivity index (χ4n) is 2.00. The Hall–Kier alpha value is -2.08. The van der Waals surface area contributed by atoms with E-state index >= 15 is 0 Å². The van der Waals surface area contributed by atoms with Crippen LogP contribution in [0.3, 0.4) is 0 Å². The molecule has 0 saturated carbocycles. The molecule has 0 fully saturated rings. The Bertz CT molecular complexity index is 732. The molecule has 0 aromatic heterocycles. The number of sulfonamides is 1. The van der Waals surface area contributed by atoms with Crippen LogP contribution in [0, 0.1) is 5.82 Å². The van der Waals surface area contributed by atoms with E-state index in [4.69, 9.17) is 4.74 Å². The van der Waals surface area contributed by atoms with Crippen molar-refractivity contribution in [2.24, 2.45) is 0 Å². The van der Waals surface area contributed by atoms with Gasteiger partial charge in [0.15, 0.2) is 0 Å². The van der Waals surface area contributed by atoms with E-state index in [-0.39, 0.29) is 12.2 Å². The Labute approximate surface area is 130 Å². The van der Waals surface area contributed by atoms with Crippen LogP contribution in [0.4, 0.5) is 10.1 Å². The molecule has 0 aliphatic rings. The van der Waals surface area contributed by atoms with Crippen LogP contribution in [0.1, 0.15) is 12.5 Å². The van der Waals surface area contributed by atoms with E-state index in [2.05, 4.69) is 4.72 Å². The summed E-state index contributed by atoms with van der Waals surface area (Å²) in [4.78, 5) is 0. The quantitative estimate of drug-likeness (QED) is 0.851. The first kappa shape index (κ1) is 16.3. The number of anilines is 1. The Morgan fingerprint density at radius 2 is 1.77 bits per heavy atom. The van der Waals surface area contributed by atoms with Crippen molar-refractivity contribution in [1.82, 2.24) is 0 Å². The lowest BCUT2D eigenvalue weighted by atomic mass is 10.2. The third-order valence-corrected chi connectivity index (χ3v) is 4.32. The second kappa shape index (κ2) is 7.26. The average molecular weight is 323 g/mol. The predicted octanol–water partition coefficient (Wildman–Crippen LogP) is 3.21. The number of para-hydroxylation sites is 2. The molecule has 6 heteroatoms. The van der Waals surface area contributed by atoms with Crippen LogP contribution in [0.15, 0.2) is 48.5 Å². The number of ether oxygens (including phenoxy) is 1. The van der Waals surface area contributed by atoms with E-state index in [0.717, 1.165) is 0 Å². The number of hydrogen-bond donors (Lipinski definition) is 1. The van der Waals surface area contributed by atoms with Gasteiger partial charge in [-0.15, -0.1) is 0 Å². The van der Waals surface area contributed by atoms with Crippen LogP contribution >= 0.6 is 0 Å². The summed E-state index contributed by atoms with van der Waals surface area (Å²) in [7, 11) is -3.59. The topological polar surface area (TPSA) is 55.4 Å². The van der Waals surface area contributed by atoms with Gasteiger partial charge in [0.05, 0.1) is 18.0 Å². The minimum Gasteiger partial charge on any atom is -0.492 e. The monoisotopic (exact) mass is 323 g/mol. The van der Waals surface area contributed by atoms with Gasteiger partial charge in [0, 0.05) is 0 Å². The molecule has 2 aromatic rings. The van der Waals surface area contributed by atoms with E-state index in [1.807, 2.05) is 6.92 Å². The van der Waals surface area contributed by atoms with Crippen molar-refractivity contribution in [1.29, 1.82) is 0 Å². The molecule has 0 amide bonds. The highest BCUT2D eigenvalue weighted by Crippen LogP contribution is 2.25. The summed E-state index contributed by atoms with van der Waals surface area (Å²) in [6.07, 6.45) is 0.110. The minimum absolute atomic E-state index is 0.110. The van der Waals surface area contributed by atoms with Gasteiger partial charge in [0.1, 0.15) is 11.6 Å². The lowest BCUT2D eigenvalue weighted by Crippen LogP contribution is -2.19. The van der Waals surface area contributed by atoms with Gasteiger partial charge in [0.2, 0.25) is 10.0 Å². The molecule has 0 heterocycles. The third-order valence-electron chi connectivity index (χ3n) is 3.05. The fourth-order valence-corrected chi connectivity index (χ4v) is 3.09. The summed E-state index contributed by atoms with van der Waals surface area (Å²) >= 11 is 0. The van der Waals surface area contributed by atoms with Gasteiger partial charge in [-0.1, -0.05) is 30.3 Å². The zero-order valence-electron chi connectivity index (χ0n) is 12.3. The maximum atomic E-state index is 13.5. The first-order valence-corrected chi connectivity index (χ1v) is 8.63. The molecule has 0 atom stereocenters. The Balaban J connectivity index is 2.07. The highest BCUT2D eigenvalue weighted by molar-refractivity contribution is 7.92. The van der Waals surface area contributed by atoms with Crippen molar-refractivity contribution in [2.45, 2.75) is 13.3 Å². The average Bonchev–Trinajstić information content (AvgIpc) is 2.48. The van der Waals surface area contributed by atoms with E-state index < -0.39 is 15.8 Å². The Kier molecular flexibility index (Phi) is 5.38. The van der Waals surface area contributed by atoms with Crippen molar-refractivity contribution in [3.8, 4) is 5.75 Å². The molecule has 4 nitrogen and oxygen atoms in total. The van der Waals surface area contributed by atoms with Crippen LogP contribution in [-0.2, 0) is 16.4 Å². The summed E-state index contributed by atoms with van der Waals surface area (Å²) in [5.74, 6) is -0.124. The molecule has 0 aliphatic carbocycles. The summed E-state index contributed by atoms with van der Waals surface area (Å²) in [5, 5.41) is 0. The number of hydrogen-bond acceptors (Lipinski definition) is 3. The zero-order valence-corrected chi connectivity index (χ0v) is 13.1. The van der Waals surface area contributed by atoms with Gasteiger partial charge in [0.25, 0.3) is 0 Å². The Morgan fingerprint density at radius 3 is 2.50 bits per heavy atom. The molecule has 0 saturated heterocycles. The number of halogens is 1. The van der Waals surface area contributed by atoms with Crippen LogP contribution in [0.25, 0.3) is 0 Å². The lowest BCUT2D eigenvalue weighted by Gasteiger charge is -2.12. The molecular weight excluding hydrogens is 305 g/mol. The normalized spacial score (nSPS) is 11.2. The van der Waals surface area contributed by atoms with Gasteiger partial charge in [-0.2, -0.15) is 0 Å². The van der Waals surface area contributed by atoms with Crippen LogP contribution in [0.5, 0.6) is 5.75 Å². The molecule has 2 aromatic carbocycles. The molecule has 2 rings (SSSR count). The molecule has 1 N–H and O–H groups in total. The van der Waals surface area contributed by atoms with Crippen LogP contribution in [-0.4, -0.2) is 20.8 Å². The van der Waals surface area contributed by atoms with Crippen molar-refractivity contribution < 1.29 is 17.5 Å². The SMILES string of the molecule is CCOc1ccccc1NS(=O)(=O)CCc1ccccc1F. The smallest absolute Gasteiger partial charge is 0.233 e. The Morgan fingerprint density at radius 1 is 1.09 bits per heavy atom. The van der Waals surface area contributed by atoms with Gasteiger partial charge in [-0.05, 0) is 37.1 Å². The van der Waals surface area contributed by atoms with Crippen LogP contribution in [0.2, 0.25) is 0 Å². The van der Waals surface area contributed by atoms with E-state index in [9.17, 15) is 12.8 Å². The second-order valence-corrected chi connectivity index (χ2v) is 6.53. The number of nitrogens with one attached hydrogen (secondary N) is 1. The summed E-state index contributed by atoms with van der Waals surface area (Å²) in [5.41, 5.74) is 0.767. The van der Waals surface area contributed by atoms with E-state index in [1.165, 1.54) is 6.07 Å². The highest BCUT2D eigenvalue weighted by atomic mass is 32.2. The molecule has 22 heavy (non-hydrogen) atoms. The maximum Gasteiger partial charge on any atom is 0.233 e. The molecule has 0 spiro atoms. The van der Waals surface area contributed by atoms with Crippen molar-refractivity contribution in [2.75, 3.05) is 17.1 Å². The first-order chi connectivity index (χ1) is 10.5.